The summed E-state index contributed by atoms with van der Waals surface area (Å²) >= 11 is 9.41. The zero-order chi connectivity index (χ0) is 29.3. The maximum absolute atomic E-state index is 14.9. The Kier molecular flexibility index (Phi) is 8.62. The topological polar surface area (TPSA) is 47.0 Å². The molecule has 0 saturated carbocycles. The lowest BCUT2D eigenvalue weighted by Gasteiger charge is -2.35. The molecule has 1 atom stereocenters. The predicted molar refractivity (Wildman–Crippen MR) is 137 cm³/mol. The van der Waals surface area contributed by atoms with Crippen LogP contribution in [0.3, 0.4) is 0 Å². The van der Waals surface area contributed by atoms with Crippen LogP contribution in [0.4, 0.5) is 40.3 Å². The summed E-state index contributed by atoms with van der Waals surface area (Å²) in [5.41, 5.74) is -2.60. The minimum atomic E-state index is -4.96. The van der Waals surface area contributed by atoms with E-state index in [0.29, 0.717) is 23.0 Å². The van der Waals surface area contributed by atoms with E-state index in [9.17, 15) is 35.1 Å². The first-order valence-corrected chi connectivity index (χ1v) is 13.0. The van der Waals surface area contributed by atoms with Crippen LogP contribution < -0.4 is 10.1 Å². The molecule has 0 spiro atoms. The lowest BCUT2D eigenvalue weighted by Crippen LogP contribution is -2.40. The number of benzene rings is 2. The number of thiazole rings is 1. The molecule has 0 aliphatic carbocycles. The molecule has 4 aromatic rings. The Bertz CT molecular complexity index is 1470. The number of anilines is 1. The predicted octanol–water partition coefficient (Wildman–Crippen LogP) is 8.95. The normalized spacial score (nSPS) is 13.8. The Hall–Kier alpha value is -2.97. The summed E-state index contributed by atoms with van der Waals surface area (Å²) in [7, 11) is 0. The minimum Gasteiger partial charge on any atom is -0.428 e. The van der Waals surface area contributed by atoms with Gasteiger partial charge in [-0.1, -0.05) is 53.3 Å². The Morgan fingerprint density at radius 2 is 1.70 bits per heavy atom. The fourth-order valence-electron chi connectivity index (χ4n) is 3.83. The fraction of sp³-hybridized carbons (Fsp3) is 0.200. The van der Waals surface area contributed by atoms with Crippen LogP contribution in [0.25, 0.3) is 0 Å². The summed E-state index contributed by atoms with van der Waals surface area (Å²) in [6.07, 6.45) is -12.9. The number of rotatable bonds is 9. The van der Waals surface area contributed by atoms with E-state index in [-0.39, 0.29) is 31.6 Å². The summed E-state index contributed by atoms with van der Waals surface area (Å²) in [5, 5.41) is 2.77. The molecule has 0 aliphatic heterocycles. The molecule has 1 N–H and O–H groups in total. The highest BCUT2D eigenvalue weighted by molar-refractivity contribution is 9.11. The number of nitrogens with zero attached hydrogens (tertiary/aromatic N) is 2. The number of ether oxygens (including phenoxy) is 1. The van der Waals surface area contributed by atoms with E-state index < -0.39 is 41.5 Å². The Balaban J connectivity index is 1.97. The van der Waals surface area contributed by atoms with Crippen molar-refractivity contribution < 1.29 is 39.9 Å². The van der Waals surface area contributed by atoms with Crippen molar-refractivity contribution in [3.8, 4) is 5.75 Å². The van der Waals surface area contributed by atoms with Gasteiger partial charge in [0.25, 0.3) is 0 Å². The molecule has 212 valence electrons. The number of aromatic nitrogens is 2. The quantitative estimate of drug-likeness (QED) is 0.181. The standard InChI is InChI=1S/C25H15BrClF8N3OS/c26-20-19(24(31,32)33)37-22(40-20)38-23(11-13-4-2-1-3-5-13,18-7-6-15(27)12-36-18)14-8-16(28)10-17(9-14)39-25(34,35)21(29)30/h1-10,12,21H,11H2,(H,37,38)/t23-/m1/s1. The number of pyridine rings is 1. The molecule has 0 bridgehead atoms. The van der Waals surface area contributed by atoms with Crippen LogP contribution in [0.15, 0.2) is 70.6 Å². The average molecular weight is 673 g/mol. The van der Waals surface area contributed by atoms with Gasteiger partial charge >= 0.3 is 18.7 Å². The Morgan fingerprint density at radius 1 is 1.00 bits per heavy atom. The van der Waals surface area contributed by atoms with Crippen molar-refractivity contribution in [1.82, 2.24) is 9.97 Å². The molecule has 0 unspecified atom stereocenters. The largest absolute Gasteiger partial charge is 0.461 e. The molecule has 0 aliphatic rings. The maximum atomic E-state index is 14.9. The highest BCUT2D eigenvalue weighted by Crippen LogP contribution is 2.44. The van der Waals surface area contributed by atoms with Crippen molar-refractivity contribution in [2.24, 2.45) is 0 Å². The van der Waals surface area contributed by atoms with E-state index in [4.69, 9.17) is 11.6 Å². The molecule has 4 nitrogen and oxygen atoms in total. The zero-order valence-electron chi connectivity index (χ0n) is 19.6. The SMILES string of the molecule is Fc1cc(OC(F)(F)C(F)F)cc([C@@](Cc2ccccc2)(Nc2nc(C(F)(F)F)c(Br)s2)c2ccc(Cl)cn2)c1. The summed E-state index contributed by atoms with van der Waals surface area (Å²) < 4.78 is 112. The first-order valence-electron chi connectivity index (χ1n) is 11.0. The van der Waals surface area contributed by atoms with Crippen LogP contribution >= 0.6 is 38.9 Å². The van der Waals surface area contributed by atoms with Gasteiger partial charge in [-0.15, -0.1) is 0 Å². The van der Waals surface area contributed by atoms with Gasteiger partial charge in [-0.2, -0.15) is 30.7 Å². The van der Waals surface area contributed by atoms with E-state index in [2.05, 4.69) is 36.0 Å². The van der Waals surface area contributed by atoms with Crippen LogP contribution in [0, 0.1) is 5.82 Å². The van der Waals surface area contributed by atoms with Gasteiger partial charge in [0.15, 0.2) is 10.8 Å². The molecule has 15 heteroatoms. The van der Waals surface area contributed by atoms with Crippen LogP contribution in [-0.4, -0.2) is 22.5 Å². The molecule has 2 aromatic carbocycles. The number of nitrogens with one attached hydrogen (secondary N) is 1. The summed E-state index contributed by atoms with van der Waals surface area (Å²) in [6.45, 7) is 0. The third kappa shape index (κ3) is 6.66. The molecule has 40 heavy (non-hydrogen) atoms. The van der Waals surface area contributed by atoms with Crippen molar-refractivity contribution in [3.63, 3.8) is 0 Å². The second kappa shape index (κ2) is 11.5. The van der Waals surface area contributed by atoms with Gasteiger partial charge in [0.1, 0.15) is 20.9 Å². The Labute approximate surface area is 239 Å². The Morgan fingerprint density at radius 3 is 2.27 bits per heavy atom. The molecule has 0 amide bonds. The molecule has 2 aromatic heterocycles. The average Bonchev–Trinajstić information content (AvgIpc) is 3.24. The van der Waals surface area contributed by atoms with E-state index in [1.54, 1.807) is 30.3 Å². The molecule has 0 radical (unpaired) electrons. The molecule has 0 fully saturated rings. The monoisotopic (exact) mass is 671 g/mol. The summed E-state index contributed by atoms with van der Waals surface area (Å²) in [6, 6.07) is 13.4. The number of alkyl halides is 7. The third-order valence-corrected chi connectivity index (χ3v) is 7.37. The van der Waals surface area contributed by atoms with Gasteiger partial charge in [0, 0.05) is 18.7 Å². The van der Waals surface area contributed by atoms with Gasteiger partial charge in [-0.05, 0) is 51.3 Å². The van der Waals surface area contributed by atoms with Gasteiger partial charge in [0.05, 0.1) is 10.7 Å². The van der Waals surface area contributed by atoms with Crippen molar-refractivity contribution in [2.45, 2.75) is 30.7 Å². The van der Waals surface area contributed by atoms with Gasteiger partial charge in [0.2, 0.25) is 0 Å². The highest BCUT2D eigenvalue weighted by atomic mass is 79.9. The highest BCUT2D eigenvalue weighted by Gasteiger charge is 2.45. The lowest BCUT2D eigenvalue weighted by atomic mass is 9.80. The van der Waals surface area contributed by atoms with Crippen LogP contribution in [0.1, 0.15) is 22.5 Å². The van der Waals surface area contributed by atoms with Crippen molar-refractivity contribution in [2.75, 3.05) is 5.32 Å². The molecular weight excluding hydrogens is 658 g/mol. The third-order valence-electron chi connectivity index (χ3n) is 5.52. The van der Waals surface area contributed by atoms with Crippen molar-refractivity contribution in [3.05, 3.63) is 104 Å². The van der Waals surface area contributed by atoms with Crippen molar-refractivity contribution >= 4 is 44.0 Å². The molecule has 0 saturated heterocycles. The van der Waals surface area contributed by atoms with E-state index in [0.717, 1.165) is 12.1 Å². The van der Waals surface area contributed by atoms with Crippen LogP contribution in [0.2, 0.25) is 5.02 Å². The number of hydrogen-bond donors (Lipinski definition) is 1. The van der Waals surface area contributed by atoms with E-state index >= 15 is 0 Å². The smallest absolute Gasteiger partial charge is 0.428 e. The zero-order valence-corrected chi connectivity index (χ0v) is 22.8. The fourth-order valence-corrected chi connectivity index (χ4v) is 5.51. The van der Waals surface area contributed by atoms with Crippen LogP contribution in [-0.2, 0) is 18.1 Å². The minimum absolute atomic E-state index is 0.0674. The number of halogens is 10. The van der Waals surface area contributed by atoms with Gasteiger partial charge in [-0.25, -0.2) is 9.37 Å². The van der Waals surface area contributed by atoms with Crippen molar-refractivity contribution in [1.29, 1.82) is 0 Å². The van der Waals surface area contributed by atoms with E-state index in [1.165, 1.54) is 18.3 Å². The molecule has 4 rings (SSSR count). The van der Waals surface area contributed by atoms with Crippen LogP contribution in [0.5, 0.6) is 5.75 Å². The maximum Gasteiger partial charge on any atom is 0.461 e. The lowest BCUT2D eigenvalue weighted by molar-refractivity contribution is -0.253. The molecule has 2 heterocycles. The first-order chi connectivity index (χ1) is 18.7. The second-order valence-corrected chi connectivity index (χ2v) is 11.1. The second-order valence-electron chi connectivity index (χ2n) is 8.33. The first kappa shape index (κ1) is 30.0. The summed E-state index contributed by atoms with van der Waals surface area (Å²) in [4.78, 5) is 7.92. The van der Waals surface area contributed by atoms with E-state index in [1.807, 2.05) is 0 Å². The molecular formula is C25H15BrClF8N3OS. The van der Waals surface area contributed by atoms with Gasteiger partial charge in [-0.3, -0.25) is 4.98 Å². The van der Waals surface area contributed by atoms with Gasteiger partial charge < -0.3 is 10.1 Å². The number of hydrogen-bond acceptors (Lipinski definition) is 5. The summed E-state index contributed by atoms with van der Waals surface area (Å²) in [5.74, 6) is -2.10.